The van der Waals surface area contributed by atoms with Crippen LogP contribution >= 0.6 is 0 Å². The first-order chi connectivity index (χ1) is 12.7. The Morgan fingerprint density at radius 1 is 0.846 bits per heavy atom. The number of carbonyl (C=O) groups is 2. The van der Waals surface area contributed by atoms with Crippen molar-refractivity contribution < 1.29 is 14.3 Å². The SMILES string of the molecule is O=C(Nc1ccccc1)N1CCCN(C(=O)OCc2ccccc2)CC1. The van der Waals surface area contributed by atoms with Gasteiger partial charge in [-0.1, -0.05) is 48.5 Å². The monoisotopic (exact) mass is 353 g/mol. The first-order valence-electron chi connectivity index (χ1n) is 8.79. The molecule has 26 heavy (non-hydrogen) atoms. The number of amides is 3. The summed E-state index contributed by atoms with van der Waals surface area (Å²) in [5, 5.41) is 2.88. The number of anilines is 1. The van der Waals surface area contributed by atoms with Gasteiger partial charge < -0.3 is 19.9 Å². The van der Waals surface area contributed by atoms with Crippen LogP contribution in [0.15, 0.2) is 60.7 Å². The summed E-state index contributed by atoms with van der Waals surface area (Å²) in [7, 11) is 0. The molecule has 6 nitrogen and oxygen atoms in total. The fourth-order valence-corrected chi connectivity index (χ4v) is 2.84. The zero-order valence-electron chi connectivity index (χ0n) is 14.6. The zero-order chi connectivity index (χ0) is 18.2. The molecule has 3 rings (SSSR count). The summed E-state index contributed by atoms with van der Waals surface area (Å²) < 4.78 is 5.38. The second kappa shape index (κ2) is 8.89. The average molecular weight is 353 g/mol. The Kier molecular flexibility index (Phi) is 6.09. The lowest BCUT2D eigenvalue weighted by Crippen LogP contribution is -2.39. The molecule has 1 heterocycles. The molecular formula is C20H23N3O3. The fraction of sp³-hybridized carbons (Fsp3) is 0.300. The van der Waals surface area contributed by atoms with Crippen molar-refractivity contribution in [3.8, 4) is 0 Å². The molecule has 0 aromatic heterocycles. The molecule has 0 aliphatic carbocycles. The number of nitrogens with zero attached hydrogens (tertiary/aromatic N) is 2. The number of rotatable bonds is 3. The van der Waals surface area contributed by atoms with Crippen LogP contribution < -0.4 is 5.32 Å². The number of urea groups is 1. The highest BCUT2D eigenvalue weighted by atomic mass is 16.6. The molecule has 6 heteroatoms. The first kappa shape index (κ1) is 17.8. The summed E-state index contributed by atoms with van der Waals surface area (Å²) in [5.41, 5.74) is 1.72. The van der Waals surface area contributed by atoms with Gasteiger partial charge in [0, 0.05) is 31.9 Å². The molecular weight excluding hydrogens is 330 g/mol. The van der Waals surface area contributed by atoms with E-state index in [2.05, 4.69) is 5.32 Å². The van der Waals surface area contributed by atoms with Gasteiger partial charge in [0.05, 0.1) is 0 Å². The van der Waals surface area contributed by atoms with Crippen molar-refractivity contribution >= 4 is 17.8 Å². The van der Waals surface area contributed by atoms with Crippen molar-refractivity contribution in [1.82, 2.24) is 9.80 Å². The summed E-state index contributed by atoms with van der Waals surface area (Å²) in [6, 6.07) is 18.8. The number of ether oxygens (including phenoxy) is 1. The van der Waals surface area contributed by atoms with Crippen molar-refractivity contribution in [3.63, 3.8) is 0 Å². The smallest absolute Gasteiger partial charge is 0.410 e. The first-order valence-corrected chi connectivity index (χ1v) is 8.79. The van der Waals surface area contributed by atoms with Gasteiger partial charge in [-0.15, -0.1) is 0 Å². The van der Waals surface area contributed by atoms with Crippen LogP contribution in [0, 0.1) is 0 Å². The van der Waals surface area contributed by atoms with Crippen molar-refractivity contribution in [3.05, 3.63) is 66.2 Å². The van der Waals surface area contributed by atoms with Crippen molar-refractivity contribution in [1.29, 1.82) is 0 Å². The summed E-state index contributed by atoms with van der Waals surface area (Å²) in [6.45, 7) is 2.41. The molecule has 0 radical (unpaired) electrons. The van der Waals surface area contributed by atoms with Gasteiger partial charge >= 0.3 is 12.1 Å². The van der Waals surface area contributed by atoms with Gasteiger partial charge in [0.15, 0.2) is 0 Å². The van der Waals surface area contributed by atoms with Crippen LogP contribution in [0.3, 0.4) is 0 Å². The molecule has 0 unspecified atom stereocenters. The number of para-hydroxylation sites is 1. The largest absolute Gasteiger partial charge is 0.445 e. The normalized spacial score (nSPS) is 14.5. The maximum atomic E-state index is 12.4. The van der Waals surface area contributed by atoms with Crippen molar-refractivity contribution in [2.45, 2.75) is 13.0 Å². The highest BCUT2D eigenvalue weighted by Crippen LogP contribution is 2.10. The zero-order valence-corrected chi connectivity index (χ0v) is 14.6. The standard InChI is InChI=1S/C20H23N3O3/c24-19(21-18-10-5-2-6-11-18)22-12-7-13-23(15-14-22)20(25)26-16-17-8-3-1-4-9-17/h1-6,8-11H,7,12-16H2,(H,21,24). The Morgan fingerprint density at radius 2 is 1.46 bits per heavy atom. The highest BCUT2D eigenvalue weighted by molar-refractivity contribution is 5.89. The molecule has 1 N–H and O–H groups in total. The molecule has 1 aliphatic heterocycles. The second-order valence-electron chi connectivity index (χ2n) is 6.16. The predicted octanol–water partition coefficient (Wildman–Crippen LogP) is 3.56. The van der Waals surface area contributed by atoms with Crippen molar-refractivity contribution in [2.75, 3.05) is 31.5 Å². The van der Waals surface area contributed by atoms with Crippen molar-refractivity contribution in [2.24, 2.45) is 0 Å². The van der Waals surface area contributed by atoms with E-state index in [9.17, 15) is 9.59 Å². The molecule has 2 aromatic rings. The summed E-state index contributed by atoms with van der Waals surface area (Å²) >= 11 is 0. The highest BCUT2D eigenvalue weighted by Gasteiger charge is 2.22. The van der Waals surface area contributed by atoms with E-state index in [0.717, 1.165) is 17.7 Å². The van der Waals surface area contributed by atoms with E-state index >= 15 is 0 Å². The molecule has 3 amide bonds. The fourth-order valence-electron chi connectivity index (χ4n) is 2.84. The molecule has 0 saturated carbocycles. The van der Waals surface area contributed by atoms with E-state index in [0.29, 0.717) is 26.2 Å². The minimum Gasteiger partial charge on any atom is -0.445 e. The number of hydrogen-bond donors (Lipinski definition) is 1. The third kappa shape index (κ3) is 4.99. The van der Waals surface area contributed by atoms with Gasteiger partial charge in [0.25, 0.3) is 0 Å². The Bertz CT molecular complexity index is 722. The van der Waals surface area contributed by atoms with Gasteiger partial charge in [-0.05, 0) is 24.1 Å². The number of carbonyl (C=O) groups excluding carboxylic acids is 2. The van der Waals surface area contributed by atoms with Crippen LogP contribution in [0.2, 0.25) is 0 Å². The van der Waals surface area contributed by atoms with E-state index < -0.39 is 0 Å². The molecule has 136 valence electrons. The van der Waals surface area contributed by atoms with Crippen LogP contribution in [0.25, 0.3) is 0 Å². The lowest BCUT2D eigenvalue weighted by molar-refractivity contribution is 0.0976. The van der Waals surface area contributed by atoms with E-state index in [4.69, 9.17) is 4.74 Å². The molecule has 0 atom stereocenters. The van der Waals surface area contributed by atoms with E-state index in [1.165, 1.54) is 0 Å². The van der Waals surface area contributed by atoms with Gasteiger partial charge in [0.1, 0.15) is 6.61 Å². The number of hydrogen-bond acceptors (Lipinski definition) is 3. The quantitative estimate of drug-likeness (QED) is 0.918. The molecule has 1 fully saturated rings. The van der Waals surface area contributed by atoms with Crippen LogP contribution in [0.5, 0.6) is 0 Å². The van der Waals surface area contributed by atoms with Crippen LogP contribution in [-0.4, -0.2) is 48.1 Å². The lowest BCUT2D eigenvalue weighted by Gasteiger charge is -2.22. The Balaban J connectivity index is 1.48. The minimum absolute atomic E-state index is 0.143. The van der Waals surface area contributed by atoms with Crippen LogP contribution in [-0.2, 0) is 11.3 Å². The van der Waals surface area contributed by atoms with Crippen LogP contribution in [0.1, 0.15) is 12.0 Å². The average Bonchev–Trinajstić information content (AvgIpc) is 2.94. The molecule has 1 aliphatic rings. The summed E-state index contributed by atoms with van der Waals surface area (Å²) in [5.74, 6) is 0. The third-order valence-electron chi connectivity index (χ3n) is 4.27. The topological polar surface area (TPSA) is 61.9 Å². The summed E-state index contributed by atoms with van der Waals surface area (Å²) in [6.07, 6.45) is 0.391. The van der Waals surface area contributed by atoms with Gasteiger partial charge in [-0.3, -0.25) is 0 Å². The maximum absolute atomic E-state index is 12.4. The lowest BCUT2D eigenvalue weighted by atomic mass is 10.2. The molecule has 2 aromatic carbocycles. The number of nitrogens with one attached hydrogen (secondary N) is 1. The third-order valence-corrected chi connectivity index (χ3v) is 4.27. The van der Waals surface area contributed by atoms with Gasteiger partial charge in [-0.2, -0.15) is 0 Å². The Morgan fingerprint density at radius 3 is 2.19 bits per heavy atom. The second-order valence-corrected chi connectivity index (χ2v) is 6.16. The molecule has 0 spiro atoms. The maximum Gasteiger partial charge on any atom is 0.410 e. The predicted molar refractivity (Wildman–Crippen MR) is 99.9 cm³/mol. The number of benzene rings is 2. The van der Waals surface area contributed by atoms with Gasteiger partial charge in [0.2, 0.25) is 0 Å². The van der Waals surface area contributed by atoms with Gasteiger partial charge in [-0.25, -0.2) is 9.59 Å². The Hall–Kier alpha value is -3.02. The van der Waals surface area contributed by atoms with Crippen LogP contribution in [0.4, 0.5) is 15.3 Å². The van der Waals surface area contributed by atoms with E-state index in [1.807, 2.05) is 60.7 Å². The van der Waals surface area contributed by atoms with E-state index in [1.54, 1.807) is 9.80 Å². The van der Waals surface area contributed by atoms with E-state index in [-0.39, 0.29) is 18.7 Å². The Labute approximate surface area is 153 Å². The summed E-state index contributed by atoms with van der Waals surface area (Å²) in [4.78, 5) is 28.1. The molecule has 0 bridgehead atoms. The minimum atomic E-state index is -0.334. The molecule has 1 saturated heterocycles.